The molecule has 0 radical (unpaired) electrons. The molecule has 0 amide bonds. The van der Waals surface area contributed by atoms with Crippen LogP contribution in [0.15, 0.2) is 40.8 Å². The van der Waals surface area contributed by atoms with Crippen LogP contribution in [0.4, 0.5) is 5.69 Å². The highest BCUT2D eigenvalue weighted by Crippen LogP contribution is 2.31. The molecule has 3 aromatic rings. The van der Waals surface area contributed by atoms with Gasteiger partial charge in [0.1, 0.15) is 17.0 Å². The van der Waals surface area contributed by atoms with Gasteiger partial charge in [0.25, 0.3) is 0 Å². The number of anilines is 1. The van der Waals surface area contributed by atoms with Crippen molar-refractivity contribution in [3.63, 3.8) is 0 Å². The van der Waals surface area contributed by atoms with Gasteiger partial charge in [0.15, 0.2) is 5.58 Å². The summed E-state index contributed by atoms with van der Waals surface area (Å²) in [5, 5.41) is 3.26. The first-order valence-electron chi connectivity index (χ1n) is 7.11. The van der Waals surface area contributed by atoms with Crippen LogP contribution in [0, 0.1) is 0 Å². The molecule has 0 aliphatic carbocycles. The molecule has 0 saturated heterocycles. The summed E-state index contributed by atoms with van der Waals surface area (Å²) in [6.07, 6.45) is 0. The van der Waals surface area contributed by atoms with E-state index in [2.05, 4.69) is 17.2 Å². The third-order valence-corrected chi connectivity index (χ3v) is 3.37. The summed E-state index contributed by atoms with van der Waals surface area (Å²) in [6, 6.07) is 11.4. The third kappa shape index (κ3) is 2.70. The van der Waals surface area contributed by atoms with Gasteiger partial charge in [-0.25, -0.2) is 4.98 Å². The number of rotatable bonds is 5. The highest BCUT2D eigenvalue weighted by atomic mass is 16.5. The molecule has 0 saturated carbocycles. The quantitative estimate of drug-likeness (QED) is 0.773. The zero-order chi connectivity index (χ0) is 15.5. The standard InChI is InChI=1S/C17H18N2O3/c1-4-18-12-5-6-16-15(9-12)19-17(22-16)11-7-13(20-2)10-14(8-11)21-3/h5-10,18H,4H2,1-3H3. The Morgan fingerprint density at radius 2 is 1.77 bits per heavy atom. The van der Waals surface area contributed by atoms with E-state index in [1.807, 2.05) is 36.4 Å². The number of methoxy groups -OCH3 is 2. The average molecular weight is 298 g/mol. The largest absolute Gasteiger partial charge is 0.497 e. The Labute approximate surface area is 128 Å². The van der Waals surface area contributed by atoms with Crippen molar-refractivity contribution in [2.45, 2.75) is 6.92 Å². The van der Waals surface area contributed by atoms with E-state index in [4.69, 9.17) is 13.9 Å². The van der Waals surface area contributed by atoms with Crippen molar-refractivity contribution >= 4 is 16.8 Å². The Balaban J connectivity index is 2.06. The lowest BCUT2D eigenvalue weighted by atomic mass is 10.2. The molecule has 0 fully saturated rings. The van der Waals surface area contributed by atoms with Crippen molar-refractivity contribution in [3.8, 4) is 23.0 Å². The second-order valence-corrected chi connectivity index (χ2v) is 4.83. The molecule has 0 spiro atoms. The third-order valence-electron chi connectivity index (χ3n) is 3.37. The smallest absolute Gasteiger partial charge is 0.227 e. The van der Waals surface area contributed by atoms with Gasteiger partial charge in [0.05, 0.1) is 14.2 Å². The van der Waals surface area contributed by atoms with Crippen LogP contribution in [0.1, 0.15) is 6.92 Å². The minimum atomic E-state index is 0.542. The van der Waals surface area contributed by atoms with Crippen molar-refractivity contribution < 1.29 is 13.9 Å². The number of aromatic nitrogens is 1. The summed E-state index contributed by atoms with van der Waals surface area (Å²) in [6.45, 7) is 2.92. The second-order valence-electron chi connectivity index (χ2n) is 4.83. The zero-order valence-electron chi connectivity index (χ0n) is 12.8. The predicted molar refractivity (Wildman–Crippen MR) is 86.7 cm³/mol. The number of oxazole rings is 1. The second kappa shape index (κ2) is 5.97. The first-order chi connectivity index (χ1) is 10.7. The van der Waals surface area contributed by atoms with E-state index in [1.165, 1.54) is 0 Å². The van der Waals surface area contributed by atoms with Crippen molar-refractivity contribution in [2.75, 3.05) is 26.1 Å². The van der Waals surface area contributed by atoms with Crippen molar-refractivity contribution in [2.24, 2.45) is 0 Å². The van der Waals surface area contributed by atoms with Crippen LogP contribution >= 0.6 is 0 Å². The lowest BCUT2D eigenvalue weighted by molar-refractivity contribution is 0.394. The number of hydrogen-bond acceptors (Lipinski definition) is 5. The molecule has 114 valence electrons. The molecule has 0 aliphatic rings. The molecule has 0 bridgehead atoms. The van der Waals surface area contributed by atoms with Gasteiger partial charge >= 0.3 is 0 Å². The number of hydrogen-bond donors (Lipinski definition) is 1. The van der Waals surface area contributed by atoms with Gasteiger partial charge in [0, 0.05) is 23.9 Å². The SMILES string of the molecule is CCNc1ccc2oc(-c3cc(OC)cc(OC)c3)nc2c1. The fourth-order valence-corrected chi connectivity index (χ4v) is 2.30. The zero-order valence-corrected chi connectivity index (χ0v) is 12.8. The highest BCUT2D eigenvalue weighted by molar-refractivity contribution is 5.80. The van der Waals surface area contributed by atoms with Crippen LogP contribution in [-0.2, 0) is 0 Å². The maximum absolute atomic E-state index is 5.84. The van der Waals surface area contributed by atoms with E-state index in [-0.39, 0.29) is 0 Å². The van der Waals surface area contributed by atoms with Crippen LogP contribution in [0.25, 0.3) is 22.6 Å². The number of fused-ring (bicyclic) bond motifs is 1. The van der Waals surface area contributed by atoms with E-state index in [9.17, 15) is 0 Å². The van der Waals surface area contributed by atoms with Gasteiger partial charge in [-0.1, -0.05) is 0 Å². The maximum atomic E-state index is 5.84. The monoisotopic (exact) mass is 298 g/mol. The van der Waals surface area contributed by atoms with Crippen LogP contribution in [-0.4, -0.2) is 25.7 Å². The molecule has 0 atom stereocenters. The summed E-state index contributed by atoms with van der Waals surface area (Å²) in [7, 11) is 3.24. The number of nitrogens with zero attached hydrogens (tertiary/aromatic N) is 1. The molecular weight excluding hydrogens is 280 g/mol. The van der Waals surface area contributed by atoms with E-state index in [1.54, 1.807) is 14.2 Å². The first-order valence-corrected chi connectivity index (χ1v) is 7.11. The van der Waals surface area contributed by atoms with Crippen LogP contribution < -0.4 is 14.8 Å². The lowest BCUT2D eigenvalue weighted by Gasteiger charge is -2.05. The lowest BCUT2D eigenvalue weighted by Crippen LogP contribution is -1.95. The molecule has 3 rings (SSSR count). The molecule has 5 nitrogen and oxygen atoms in total. The van der Waals surface area contributed by atoms with E-state index in [0.717, 1.165) is 28.9 Å². The van der Waals surface area contributed by atoms with Gasteiger partial charge in [-0.2, -0.15) is 0 Å². The molecular formula is C17H18N2O3. The topological polar surface area (TPSA) is 56.5 Å². The van der Waals surface area contributed by atoms with Gasteiger partial charge in [-0.05, 0) is 37.3 Å². The Morgan fingerprint density at radius 3 is 2.41 bits per heavy atom. The first kappa shape index (κ1) is 14.3. The summed E-state index contributed by atoms with van der Waals surface area (Å²) in [5.41, 5.74) is 3.41. The summed E-state index contributed by atoms with van der Waals surface area (Å²) in [4.78, 5) is 4.56. The fraction of sp³-hybridized carbons (Fsp3) is 0.235. The summed E-state index contributed by atoms with van der Waals surface area (Å²) in [5.74, 6) is 1.94. The Morgan fingerprint density at radius 1 is 1.05 bits per heavy atom. The normalized spacial score (nSPS) is 10.7. The van der Waals surface area contributed by atoms with Crippen LogP contribution in [0.5, 0.6) is 11.5 Å². The molecule has 1 N–H and O–H groups in total. The Kier molecular flexibility index (Phi) is 3.87. The predicted octanol–water partition coefficient (Wildman–Crippen LogP) is 3.94. The maximum Gasteiger partial charge on any atom is 0.227 e. The minimum absolute atomic E-state index is 0.542. The van der Waals surface area contributed by atoms with Crippen LogP contribution in [0.2, 0.25) is 0 Å². The van der Waals surface area contributed by atoms with Gasteiger partial charge in [-0.15, -0.1) is 0 Å². The van der Waals surface area contributed by atoms with Gasteiger partial charge < -0.3 is 19.2 Å². The van der Waals surface area contributed by atoms with Crippen molar-refractivity contribution in [1.82, 2.24) is 4.98 Å². The number of benzene rings is 2. The van der Waals surface area contributed by atoms with E-state index >= 15 is 0 Å². The van der Waals surface area contributed by atoms with Crippen LogP contribution in [0.3, 0.4) is 0 Å². The fourth-order valence-electron chi connectivity index (χ4n) is 2.30. The molecule has 5 heteroatoms. The Hall–Kier alpha value is -2.69. The van der Waals surface area contributed by atoms with Gasteiger partial charge in [0.2, 0.25) is 5.89 Å². The highest BCUT2D eigenvalue weighted by Gasteiger charge is 2.11. The molecule has 0 aliphatic heterocycles. The molecule has 1 heterocycles. The number of ether oxygens (including phenoxy) is 2. The Bertz CT molecular complexity index is 773. The molecule has 0 unspecified atom stereocenters. The molecule has 22 heavy (non-hydrogen) atoms. The molecule has 1 aromatic heterocycles. The van der Waals surface area contributed by atoms with Crippen molar-refractivity contribution in [3.05, 3.63) is 36.4 Å². The average Bonchev–Trinajstić information content (AvgIpc) is 2.98. The summed E-state index contributed by atoms with van der Waals surface area (Å²) < 4.78 is 16.4. The van der Waals surface area contributed by atoms with E-state index < -0.39 is 0 Å². The summed E-state index contributed by atoms with van der Waals surface area (Å²) >= 11 is 0. The minimum Gasteiger partial charge on any atom is -0.497 e. The molecule has 2 aromatic carbocycles. The van der Waals surface area contributed by atoms with Gasteiger partial charge in [-0.3, -0.25) is 0 Å². The van der Waals surface area contributed by atoms with Crippen molar-refractivity contribution in [1.29, 1.82) is 0 Å². The van der Waals surface area contributed by atoms with E-state index in [0.29, 0.717) is 17.4 Å². The number of nitrogens with one attached hydrogen (secondary N) is 1.